The van der Waals surface area contributed by atoms with Crippen molar-refractivity contribution in [1.82, 2.24) is 15.1 Å². The minimum Gasteiger partial charge on any atom is -0.341 e. The normalized spacial score (nSPS) is 16.5. The molecule has 0 aromatic heterocycles. The third kappa shape index (κ3) is 5.39. The van der Waals surface area contributed by atoms with Crippen LogP contribution in [-0.2, 0) is 11.3 Å². The van der Waals surface area contributed by atoms with Crippen LogP contribution in [0.4, 0.5) is 4.39 Å². The zero-order valence-corrected chi connectivity index (χ0v) is 13.4. The molecule has 1 fully saturated rings. The quantitative estimate of drug-likeness (QED) is 0.815. The Bertz CT molecular complexity index is 463. The summed E-state index contributed by atoms with van der Waals surface area (Å²) in [6.07, 6.45) is 2.52. The second-order valence-corrected chi connectivity index (χ2v) is 5.84. The minimum atomic E-state index is -0.196. The van der Waals surface area contributed by atoms with Crippen molar-refractivity contribution in [1.29, 1.82) is 0 Å². The zero-order chi connectivity index (χ0) is 15.8. The molecule has 0 aliphatic carbocycles. The number of carbonyl (C=O) groups excluding carboxylic acids is 1. The number of nitrogens with one attached hydrogen (secondary N) is 1. The Morgan fingerprint density at radius 1 is 1.18 bits per heavy atom. The zero-order valence-electron chi connectivity index (χ0n) is 13.4. The average molecular weight is 307 g/mol. The fraction of sp³-hybridized carbons (Fsp3) is 0.588. The van der Waals surface area contributed by atoms with Gasteiger partial charge < -0.3 is 10.2 Å². The van der Waals surface area contributed by atoms with E-state index in [0.29, 0.717) is 6.42 Å². The van der Waals surface area contributed by atoms with Crippen LogP contribution in [0.15, 0.2) is 24.3 Å². The molecule has 1 saturated heterocycles. The SMILES string of the molecule is CNCCCC(=O)N1CCCN(Cc2ccc(F)cc2)CC1. The molecule has 0 saturated carbocycles. The van der Waals surface area contributed by atoms with Crippen molar-refractivity contribution < 1.29 is 9.18 Å². The first-order valence-corrected chi connectivity index (χ1v) is 8.08. The molecule has 1 N–H and O–H groups in total. The Morgan fingerprint density at radius 3 is 2.68 bits per heavy atom. The molecule has 1 aromatic carbocycles. The van der Waals surface area contributed by atoms with E-state index in [9.17, 15) is 9.18 Å². The van der Waals surface area contributed by atoms with Crippen LogP contribution >= 0.6 is 0 Å². The third-order valence-corrected chi connectivity index (χ3v) is 4.08. The van der Waals surface area contributed by atoms with Crippen LogP contribution in [0.2, 0.25) is 0 Å². The summed E-state index contributed by atoms with van der Waals surface area (Å²) in [7, 11) is 1.91. The molecule has 0 bridgehead atoms. The third-order valence-electron chi connectivity index (χ3n) is 4.08. The van der Waals surface area contributed by atoms with Gasteiger partial charge in [0.25, 0.3) is 0 Å². The Labute approximate surface area is 132 Å². The van der Waals surface area contributed by atoms with Gasteiger partial charge in [-0.15, -0.1) is 0 Å². The van der Waals surface area contributed by atoms with E-state index in [-0.39, 0.29) is 11.7 Å². The number of hydrogen-bond acceptors (Lipinski definition) is 3. The number of nitrogens with zero attached hydrogens (tertiary/aromatic N) is 2. The number of hydrogen-bond donors (Lipinski definition) is 1. The summed E-state index contributed by atoms with van der Waals surface area (Å²) in [5.41, 5.74) is 1.12. The van der Waals surface area contributed by atoms with Gasteiger partial charge in [0.2, 0.25) is 5.91 Å². The number of halogens is 1. The van der Waals surface area contributed by atoms with E-state index in [1.165, 1.54) is 12.1 Å². The van der Waals surface area contributed by atoms with Crippen LogP contribution in [0.3, 0.4) is 0 Å². The maximum absolute atomic E-state index is 12.9. The van der Waals surface area contributed by atoms with Gasteiger partial charge in [0.1, 0.15) is 5.82 Å². The lowest BCUT2D eigenvalue weighted by atomic mass is 10.2. The molecule has 2 rings (SSSR count). The van der Waals surface area contributed by atoms with Crippen LogP contribution in [-0.4, -0.2) is 55.5 Å². The monoisotopic (exact) mass is 307 g/mol. The molecule has 0 unspecified atom stereocenters. The number of benzene rings is 1. The van der Waals surface area contributed by atoms with Gasteiger partial charge in [-0.2, -0.15) is 0 Å². The smallest absolute Gasteiger partial charge is 0.222 e. The number of rotatable bonds is 6. The highest BCUT2D eigenvalue weighted by atomic mass is 19.1. The summed E-state index contributed by atoms with van der Waals surface area (Å²) in [6.45, 7) is 5.21. The van der Waals surface area contributed by atoms with Gasteiger partial charge in [-0.25, -0.2) is 4.39 Å². The van der Waals surface area contributed by atoms with E-state index in [2.05, 4.69) is 10.2 Å². The van der Waals surface area contributed by atoms with Crippen LogP contribution in [0.1, 0.15) is 24.8 Å². The second-order valence-electron chi connectivity index (χ2n) is 5.84. The fourth-order valence-corrected chi connectivity index (χ4v) is 2.80. The Hall–Kier alpha value is -1.46. The van der Waals surface area contributed by atoms with Crippen molar-refractivity contribution in [2.24, 2.45) is 0 Å². The molecule has 1 amide bonds. The van der Waals surface area contributed by atoms with Gasteiger partial charge in [-0.3, -0.25) is 9.69 Å². The van der Waals surface area contributed by atoms with E-state index in [0.717, 1.165) is 57.7 Å². The molecule has 0 radical (unpaired) electrons. The van der Waals surface area contributed by atoms with Crippen LogP contribution in [0.5, 0.6) is 0 Å². The van der Waals surface area contributed by atoms with Gasteiger partial charge in [0, 0.05) is 39.1 Å². The first-order chi connectivity index (χ1) is 10.7. The maximum Gasteiger partial charge on any atom is 0.222 e. The topological polar surface area (TPSA) is 35.6 Å². The van der Waals surface area contributed by atoms with Gasteiger partial charge in [0.05, 0.1) is 0 Å². The van der Waals surface area contributed by atoms with Crippen LogP contribution in [0.25, 0.3) is 0 Å². The minimum absolute atomic E-state index is 0.196. The summed E-state index contributed by atoms with van der Waals surface area (Å²) in [5, 5.41) is 3.07. The highest BCUT2D eigenvalue weighted by molar-refractivity contribution is 5.76. The van der Waals surface area contributed by atoms with Crippen molar-refractivity contribution in [3.63, 3.8) is 0 Å². The highest BCUT2D eigenvalue weighted by Crippen LogP contribution is 2.11. The van der Waals surface area contributed by atoms with E-state index >= 15 is 0 Å². The fourth-order valence-electron chi connectivity index (χ4n) is 2.80. The molecule has 5 heteroatoms. The molecule has 22 heavy (non-hydrogen) atoms. The molecule has 1 heterocycles. The molecular formula is C17H26FN3O. The summed E-state index contributed by atoms with van der Waals surface area (Å²) >= 11 is 0. The predicted molar refractivity (Wildman–Crippen MR) is 86.0 cm³/mol. The van der Waals surface area contributed by atoms with Crippen LogP contribution in [0, 0.1) is 5.82 Å². The maximum atomic E-state index is 12.9. The second kappa shape index (κ2) is 8.86. The number of amides is 1. The molecule has 0 atom stereocenters. The van der Waals surface area contributed by atoms with Crippen molar-refractivity contribution >= 4 is 5.91 Å². The Kier molecular flexibility index (Phi) is 6.80. The lowest BCUT2D eigenvalue weighted by molar-refractivity contribution is -0.131. The lowest BCUT2D eigenvalue weighted by Crippen LogP contribution is -2.35. The molecule has 4 nitrogen and oxygen atoms in total. The number of carbonyl (C=O) groups is 1. The van der Waals surface area contributed by atoms with Crippen LogP contribution < -0.4 is 5.32 Å². The average Bonchev–Trinajstić information content (AvgIpc) is 2.75. The summed E-state index contributed by atoms with van der Waals surface area (Å²) in [6, 6.07) is 6.68. The van der Waals surface area contributed by atoms with Crippen molar-refractivity contribution in [3.05, 3.63) is 35.6 Å². The van der Waals surface area contributed by atoms with Gasteiger partial charge in [-0.1, -0.05) is 12.1 Å². The summed E-state index contributed by atoms with van der Waals surface area (Å²) in [5.74, 6) is 0.0665. The molecule has 1 aliphatic rings. The van der Waals surface area contributed by atoms with E-state index in [1.807, 2.05) is 24.1 Å². The van der Waals surface area contributed by atoms with Gasteiger partial charge >= 0.3 is 0 Å². The summed E-state index contributed by atoms with van der Waals surface area (Å²) < 4.78 is 12.9. The first-order valence-electron chi connectivity index (χ1n) is 8.08. The molecule has 0 spiro atoms. The first kappa shape index (κ1) is 16.9. The van der Waals surface area contributed by atoms with Gasteiger partial charge in [-0.05, 0) is 44.1 Å². The molecular weight excluding hydrogens is 281 g/mol. The van der Waals surface area contributed by atoms with E-state index in [4.69, 9.17) is 0 Å². The lowest BCUT2D eigenvalue weighted by Gasteiger charge is -2.22. The standard InChI is InChI=1S/C17H26FN3O/c1-19-9-2-4-17(22)21-11-3-10-20(12-13-21)14-15-5-7-16(18)8-6-15/h5-8,19H,2-4,9-14H2,1H3. The van der Waals surface area contributed by atoms with Crippen molar-refractivity contribution in [2.75, 3.05) is 39.8 Å². The highest BCUT2D eigenvalue weighted by Gasteiger charge is 2.18. The van der Waals surface area contributed by atoms with E-state index in [1.54, 1.807) is 0 Å². The predicted octanol–water partition coefficient (Wildman–Crippen LogP) is 1.86. The van der Waals surface area contributed by atoms with Gasteiger partial charge in [0.15, 0.2) is 0 Å². The van der Waals surface area contributed by atoms with E-state index < -0.39 is 0 Å². The summed E-state index contributed by atoms with van der Waals surface area (Å²) in [4.78, 5) is 16.5. The Balaban J connectivity index is 1.79. The van der Waals surface area contributed by atoms with Crippen molar-refractivity contribution in [2.45, 2.75) is 25.8 Å². The molecule has 122 valence electrons. The largest absolute Gasteiger partial charge is 0.341 e. The molecule has 1 aromatic rings. The Morgan fingerprint density at radius 2 is 1.95 bits per heavy atom. The van der Waals surface area contributed by atoms with Crippen molar-refractivity contribution in [3.8, 4) is 0 Å². The molecule has 1 aliphatic heterocycles.